The molecular weight excluding hydrogens is 602 g/mol. The van der Waals surface area contributed by atoms with Gasteiger partial charge in [-0.1, -0.05) is 84.0 Å². The van der Waals surface area contributed by atoms with Crippen molar-refractivity contribution in [3.63, 3.8) is 0 Å². The third-order valence-corrected chi connectivity index (χ3v) is 6.52. The summed E-state index contributed by atoms with van der Waals surface area (Å²) in [5.74, 6) is -14.6. The summed E-state index contributed by atoms with van der Waals surface area (Å²) in [5.41, 5.74) is 16.0. The highest BCUT2D eigenvalue weighted by Gasteiger charge is 2.82. The van der Waals surface area contributed by atoms with E-state index in [0.29, 0.717) is 0 Å². The van der Waals surface area contributed by atoms with Gasteiger partial charge >= 0.3 is 29.1 Å². The Morgan fingerprint density at radius 2 is 0.951 bits per heavy atom. The summed E-state index contributed by atoms with van der Waals surface area (Å²) in [6.45, 7) is 2.28. The third-order valence-electron chi connectivity index (χ3n) is 5.85. The average molecular weight is 646 g/mol. The van der Waals surface area contributed by atoms with E-state index in [9.17, 15) is 48.3 Å². The summed E-state index contributed by atoms with van der Waals surface area (Å²) in [7, 11) is -2.92. The zero-order valence-electron chi connectivity index (χ0n) is 23.2. The highest BCUT2D eigenvalue weighted by molar-refractivity contribution is 7.80. The van der Waals surface area contributed by atoms with Crippen molar-refractivity contribution in [2.75, 3.05) is 0 Å². The molecule has 0 saturated carbocycles. The second kappa shape index (κ2) is 21.0. The average Bonchev–Trinajstić information content (AvgIpc) is 2.80. The second-order valence-corrected chi connectivity index (χ2v) is 10.8. The Kier molecular flexibility index (Phi) is 22.9. The minimum atomic E-state index is -7.18. The van der Waals surface area contributed by atoms with E-state index in [2.05, 4.69) is 29.9 Å². The lowest BCUT2D eigenvalue weighted by molar-refractivity contribution is -0.930. The molecule has 0 radical (unpaired) electrons. The zero-order chi connectivity index (χ0) is 33.1. The first-order valence-electron chi connectivity index (χ1n) is 13.1. The van der Waals surface area contributed by atoms with Crippen LogP contribution in [0.4, 0.5) is 39.5 Å². The molecule has 2 unspecified atom stereocenters. The van der Waals surface area contributed by atoms with Crippen molar-refractivity contribution in [2.45, 2.75) is 132 Å². The van der Waals surface area contributed by atoms with E-state index in [4.69, 9.17) is 15.1 Å². The monoisotopic (exact) mass is 646 g/mol. The molecule has 0 saturated heterocycles. The van der Waals surface area contributed by atoms with Crippen molar-refractivity contribution < 1.29 is 86.3 Å². The molecule has 41 heavy (non-hydrogen) atoms. The van der Waals surface area contributed by atoms with Crippen LogP contribution < -0.4 is 38.0 Å². The highest BCUT2D eigenvalue weighted by Crippen LogP contribution is 2.53. The summed E-state index contributed by atoms with van der Waals surface area (Å²) in [6.07, 6.45) is 12.4. The molecule has 0 bridgehead atoms. The fourth-order valence-electron chi connectivity index (χ4n) is 3.18. The molecule has 0 aliphatic rings. The highest BCUT2D eigenvalue weighted by atomic mass is 32.2. The predicted octanol–water partition coefficient (Wildman–Crippen LogP) is -1.20. The molecule has 0 amide bonds. The van der Waals surface area contributed by atoms with Crippen LogP contribution in [0.15, 0.2) is 0 Å². The minimum absolute atomic E-state index is 0.283. The maximum atomic E-state index is 12.1. The van der Waals surface area contributed by atoms with Crippen LogP contribution in [0.25, 0.3) is 0 Å². The van der Waals surface area contributed by atoms with E-state index in [1.54, 1.807) is 0 Å². The summed E-state index contributed by atoms with van der Waals surface area (Å²) < 4.78 is 125. The lowest BCUT2D eigenvalue weighted by atomic mass is 10.0. The number of hydrogen-bond acceptors (Lipinski definition) is 5. The molecule has 0 aromatic heterocycles. The molecule has 0 fully saturated rings. The molecule has 20 heteroatoms. The molecule has 0 heterocycles. The van der Waals surface area contributed by atoms with Gasteiger partial charge in [-0.2, -0.15) is 39.5 Å². The van der Waals surface area contributed by atoms with E-state index in [0.717, 1.165) is 6.42 Å². The Balaban J connectivity index is -0.000000639. The summed E-state index contributed by atoms with van der Waals surface area (Å²) in [5, 5.41) is 18.7. The lowest BCUT2D eigenvalue weighted by Crippen LogP contribution is -3.18. The molecular formula is C21H44BF9N4O5S. The number of halogens is 9. The molecule has 0 spiro atoms. The zero-order valence-corrected chi connectivity index (χ0v) is 24.1. The Bertz CT molecular complexity index is 690. The summed E-state index contributed by atoms with van der Waals surface area (Å²) >= 11 is -5.14. The SMILES string of the molecule is CCCCCCCCCCCCCCCC([NH3+])C([NH3+])([NH3+])[NH3+].O=S([O-])C(F)(F)C(F)(F)C(F)(F)C(F)(F)F.[O-]B([O-])[O-]. The third kappa shape index (κ3) is 19.2. The molecule has 12 N–H and O–H groups in total. The van der Waals surface area contributed by atoms with Crippen LogP contribution in [0.5, 0.6) is 0 Å². The van der Waals surface area contributed by atoms with E-state index < -0.39 is 41.7 Å². The molecule has 0 aliphatic carbocycles. The Morgan fingerprint density at radius 1 is 0.659 bits per heavy atom. The number of alkyl halides is 9. The van der Waals surface area contributed by atoms with Gasteiger partial charge in [0.25, 0.3) is 6.04 Å². The van der Waals surface area contributed by atoms with Crippen molar-refractivity contribution in [1.82, 2.24) is 0 Å². The van der Waals surface area contributed by atoms with Crippen molar-refractivity contribution in [1.29, 1.82) is 0 Å². The smallest absolute Gasteiger partial charge is 0.460 e. The van der Waals surface area contributed by atoms with Crippen LogP contribution in [0.3, 0.4) is 0 Å². The molecule has 0 aromatic rings. The van der Waals surface area contributed by atoms with Crippen LogP contribution in [-0.4, -0.2) is 51.2 Å². The van der Waals surface area contributed by atoms with Gasteiger partial charge < -0.3 is 25.4 Å². The van der Waals surface area contributed by atoms with E-state index in [1.807, 2.05) is 0 Å². The number of unbranched alkanes of at least 4 members (excludes halogenated alkanes) is 12. The fourth-order valence-corrected chi connectivity index (χ4v) is 3.52. The number of hydrogen-bond donors (Lipinski definition) is 4. The fraction of sp³-hybridized carbons (Fsp3) is 1.00. The lowest BCUT2D eigenvalue weighted by Gasteiger charge is -2.35. The van der Waals surface area contributed by atoms with Gasteiger partial charge in [0, 0.05) is 17.5 Å². The maximum absolute atomic E-state index is 12.1. The van der Waals surface area contributed by atoms with Crippen LogP contribution in [-0.2, 0) is 11.1 Å². The molecule has 250 valence electrons. The van der Waals surface area contributed by atoms with Gasteiger partial charge in [-0.25, -0.2) is 17.2 Å². The van der Waals surface area contributed by atoms with Crippen molar-refractivity contribution >= 4 is 18.4 Å². The van der Waals surface area contributed by atoms with Crippen LogP contribution in [0, 0.1) is 0 Å². The van der Waals surface area contributed by atoms with Gasteiger partial charge in [-0.3, -0.25) is 11.5 Å². The van der Waals surface area contributed by atoms with Gasteiger partial charge in [0.1, 0.15) is 0 Å². The molecule has 0 aromatic carbocycles. The van der Waals surface area contributed by atoms with Gasteiger partial charge in [0.2, 0.25) is 0 Å². The first-order valence-corrected chi connectivity index (χ1v) is 14.1. The second-order valence-electron chi connectivity index (χ2n) is 9.78. The van der Waals surface area contributed by atoms with Crippen molar-refractivity contribution in [3.05, 3.63) is 0 Å². The number of rotatable bonds is 18. The van der Waals surface area contributed by atoms with Crippen LogP contribution >= 0.6 is 0 Å². The maximum Gasteiger partial charge on any atom is 0.460 e. The normalized spacial score (nSPS) is 14.4. The first kappa shape index (κ1) is 44.7. The van der Waals surface area contributed by atoms with Crippen molar-refractivity contribution in [2.24, 2.45) is 0 Å². The Morgan fingerprint density at radius 3 is 1.20 bits per heavy atom. The summed E-state index contributed by atoms with van der Waals surface area (Å²) in [6, 6.07) is 0.283. The predicted molar refractivity (Wildman–Crippen MR) is 124 cm³/mol. The van der Waals surface area contributed by atoms with Crippen LogP contribution in [0.1, 0.15) is 96.8 Å². The first-order chi connectivity index (χ1) is 18.4. The molecule has 0 aliphatic heterocycles. The molecule has 0 rings (SSSR count). The minimum Gasteiger partial charge on any atom is -0.907 e. The van der Waals surface area contributed by atoms with Crippen LogP contribution in [0.2, 0.25) is 0 Å². The van der Waals surface area contributed by atoms with Gasteiger partial charge in [0.15, 0.2) is 0 Å². The van der Waals surface area contributed by atoms with Gasteiger partial charge in [-0.15, -0.1) is 0 Å². The van der Waals surface area contributed by atoms with E-state index >= 15 is 0 Å². The molecule has 9 nitrogen and oxygen atoms in total. The Hall–Kier alpha value is -0.735. The summed E-state index contributed by atoms with van der Waals surface area (Å²) in [4.78, 5) is 0. The van der Waals surface area contributed by atoms with E-state index in [1.165, 1.54) is 83.5 Å². The van der Waals surface area contributed by atoms with E-state index in [-0.39, 0.29) is 11.8 Å². The topological polar surface area (TPSA) is 220 Å². The quantitative estimate of drug-likeness (QED) is 0.0473. The standard InChI is InChI=1S/C17H40N4.C4HF9O2S.BO3/c1-2-3-4-5-6-7-8-9-10-11-12-13-14-15-16(18)17(19,20)21;5-1(6,3(9,10)11)2(7,8)4(12,13)16(14)15;2-1(3)4/h16H,2-15,18-21H2,1H3;(H,14,15);/q;;-3/p+3. The Labute approximate surface area is 237 Å². The molecule has 2 atom stereocenters. The largest absolute Gasteiger partial charge is 0.907 e. The van der Waals surface area contributed by atoms with Gasteiger partial charge in [0.05, 0.1) is 0 Å². The van der Waals surface area contributed by atoms with Gasteiger partial charge in [-0.05, 0) is 6.42 Å². The number of quaternary nitrogens is 4. The van der Waals surface area contributed by atoms with Crippen molar-refractivity contribution in [3.8, 4) is 0 Å².